The van der Waals surface area contributed by atoms with Gasteiger partial charge < -0.3 is 14.8 Å². The lowest BCUT2D eigenvalue weighted by Gasteiger charge is -2.18. The van der Waals surface area contributed by atoms with Crippen LogP contribution in [-0.4, -0.2) is 33.0 Å². The largest absolute Gasteiger partial charge is 0.497 e. The summed E-state index contributed by atoms with van der Waals surface area (Å²) in [4.78, 5) is 12.9. The van der Waals surface area contributed by atoms with Crippen LogP contribution < -0.4 is 14.8 Å². The predicted molar refractivity (Wildman–Crippen MR) is 139 cm³/mol. The molecule has 0 saturated heterocycles. The number of nitrogens with zero attached hydrogens (tertiary/aromatic N) is 3. The Bertz CT molecular complexity index is 1280. The fourth-order valence-corrected chi connectivity index (χ4v) is 4.40. The number of rotatable bonds is 9. The topological polar surface area (TPSA) is 78.3 Å². The van der Waals surface area contributed by atoms with Crippen molar-refractivity contribution in [2.45, 2.75) is 37.3 Å². The molecule has 0 fully saturated rings. The average molecular weight is 489 g/mol. The third kappa shape index (κ3) is 6.02. The van der Waals surface area contributed by atoms with Gasteiger partial charge in [-0.25, -0.2) is 0 Å². The first-order valence-corrected chi connectivity index (χ1v) is 12.2. The van der Waals surface area contributed by atoms with Crippen molar-refractivity contribution in [2.75, 3.05) is 12.4 Å². The van der Waals surface area contributed by atoms with Gasteiger partial charge in [-0.3, -0.25) is 9.36 Å². The van der Waals surface area contributed by atoms with Crippen molar-refractivity contribution in [1.82, 2.24) is 14.8 Å². The number of aryl methyl sites for hydroxylation is 1. The number of hydrogen-bond donors (Lipinski definition) is 1. The second kappa shape index (κ2) is 11.1. The number of benzene rings is 3. The molecular weight excluding hydrogens is 460 g/mol. The highest BCUT2D eigenvalue weighted by Gasteiger charge is 2.24. The molecule has 0 aliphatic carbocycles. The fourth-order valence-electron chi connectivity index (χ4n) is 3.53. The zero-order valence-corrected chi connectivity index (χ0v) is 21.0. The minimum atomic E-state index is -0.396. The lowest BCUT2D eigenvalue weighted by molar-refractivity contribution is -0.115. The summed E-state index contributed by atoms with van der Waals surface area (Å²) in [6.45, 7) is 5.78. The van der Waals surface area contributed by atoms with Crippen LogP contribution in [0.3, 0.4) is 0 Å². The summed E-state index contributed by atoms with van der Waals surface area (Å²) in [5.74, 6) is 1.99. The minimum absolute atomic E-state index is 0.104. The highest BCUT2D eigenvalue weighted by molar-refractivity contribution is 8.00. The average Bonchev–Trinajstić information content (AvgIpc) is 3.28. The van der Waals surface area contributed by atoms with Gasteiger partial charge in [-0.15, -0.1) is 10.2 Å². The van der Waals surface area contributed by atoms with E-state index in [0.717, 1.165) is 22.7 Å². The maximum absolute atomic E-state index is 12.9. The van der Waals surface area contributed by atoms with E-state index >= 15 is 0 Å². The zero-order chi connectivity index (χ0) is 24.8. The molecule has 1 amide bonds. The van der Waals surface area contributed by atoms with Gasteiger partial charge >= 0.3 is 0 Å². The lowest BCUT2D eigenvalue weighted by Crippen LogP contribution is -2.23. The van der Waals surface area contributed by atoms with Crippen LogP contribution in [0.1, 0.15) is 31.3 Å². The molecule has 1 aromatic heterocycles. The maximum Gasteiger partial charge on any atom is 0.237 e. The van der Waals surface area contributed by atoms with E-state index < -0.39 is 5.25 Å². The van der Waals surface area contributed by atoms with Crippen molar-refractivity contribution in [3.05, 3.63) is 90.3 Å². The Morgan fingerprint density at radius 1 is 0.943 bits per heavy atom. The normalized spacial score (nSPS) is 12.6. The SMILES string of the molecule is COc1ccc(OC(C)c2nnc(SC(C)C(=O)Nc3cccc(C)c3)n2-c2ccccc2)cc1. The molecular formula is C27H28N4O3S. The van der Waals surface area contributed by atoms with Gasteiger partial charge in [0.25, 0.3) is 0 Å². The van der Waals surface area contributed by atoms with Gasteiger partial charge in [0.1, 0.15) is 11.5 Å². The Hall–Kier alpha value is -3.78. The summed E-state index contributed by atoms with van der Waals surface area (Å²) in [6, 6.07) is 25.0. The van der Waals surface area contributed by atoms with Crippen LogP contribution in [-0.2, 0) is 4.79 Å². The van der Waals surface area contributed by atoms with Crippen molar-refractivity contribution in [2.24, 2.45) is 0 Å². The standard InChI is InChI=1S/C27H28N4O3S/c1-18-9-8-10-21(17-18)28-26(32)20(3)35-27-30-29-25(31(27)22-11-6-5-7-12-22)19(2)34-24-15-13-23(33-4)14-16-24/h5-17,19-20H,1-4H3,(H,28,32). The molecule has 0 aliphatic heterocycles. The quantitative estimate of drug-likeness (QED) is 0.298. The number of para-hydroxylation sites is 1. The van der Waals surface area contributed by atoms with E-state index in [1.54, 1.807) is 7.11 Å². The van der Waals surface area contributed by atoms with Crippen LogP contribution in [0, 0.1) is 6.92 Å². The highest BCUT2D eigenvalue weighted by Crippen LogP contribution is 2.30. The fraction of sp³-hybridized carbons (Fsp3) is 0.222. The van der Waals surface area contributed by atoms with E-state index in [-0.39, 0.29) is 12.0 Å². The molecule has 35 heavy (non-hydrogen) atoms. The van der Waals surface area contributed by atoms with Crippen LogP contribution in [0.25, 0.3) is 5.69 Å². The number of thioether (sulfide) groups is 1. The molecule has 180 valence electrons. The highest BCUT2D eigenvalue weighted by atomic mass is 32.2. The first kappa shape index (κ1) is 24.3. The van der Waals surface area contributed by atoms with Crippen LogP contribution in [0.4, 0.5) is 5.69 Å². The molecule has 0 saturated carbocycles. The van der Waals surface area contributed by atoms with Crippen LogP contribution in [0.15, 0.2) is 84.0 Å². The smallest absolute Gasteiger partial charge is 0.237 e. The summed E-state index contributed by atoms with van der Waals surface area (Å²) in [5, 5.41) is 12.1. The Labute approximate surface area is 209 Å². The second-order valence-corrected chi connectivity index (χ2v) is 9.37. The van der Waals surface area contributed by atoms with E-state index in [2.05, 4.69) is 15.5 Å². The molecule has 7 nitrogen and oxygen atoms in total. The summed E-state index contributed by atoms with van der Waals surface area (Å²) < 4.78 is 13.3. The molecule has 1 N–H and O–H groups in total. The molecule has 8 heteroatoms. The number of methoxy groups -OCH3 is 1. The summed E-state index contributed by atoms with van der Waals surface area (Å²) in [6.07, 6.45) is -0.387. The molecule has 0 aliphatic rings. The van der Waals surface area contributed by atoms with E-state index in [0.29, 0.717) is 16.7 Å². The molecule has 2 atom stereocenters. The number of hydrogen-bond acceptors (Lipinski definition) is 6. The van der Waals surface area contributed by atoms with Gasteiger partial charge in [0.05, 0.1) is 12.4 Å². The van der Waals surface area contributed by atoms with Gasteiger partial charge in [-0.2, -0.15) is 0 Å². The number of anilines is 1. The maximum atomic E-state index is 12.9. The van der Waals surface area contributed by atoms with Crippen molar-refractivity contribution >= 4 is 23.4 Å². The summed E-state index contributed by atoms with van der Waals surface area (Å²) >= 11 is 1.35. The van der Waals surface area contributed by atoms with Crippen molar-refractivity contribution in [3.8, 4) is 17.2 Å². The van der Waals surface area contributed by atoms with Gasteiger partial charge in [-0.05, 0) is 74.9 Å². The molecule has 1 heterocycles. The second-order valence-electron chi connectivity index (χ2n) is 8.07. The zero-order valence-electron chi connectivity index (χ0n) is 20.1. The van der Waals surface area contributed by atoms with Gasteiger partial charge in [-0.1, -0.05) is 42.1 Å². The summed E-state index contributed by atoms with van der Waals surface area (Å²) in [7, 11) is 1.63. The third-order valence-corrected chi connectivity index (χ3v) is 6.39. The number of carbonyl (C=O) groups is 1. The molecule has 3 aromatic carbocycles. The lowest BCUT2D eigenvalue weighted by atomic mass is 10.2. The first-order valence-electron chi connectivity index (χ1n) is 11.3. The van der Waals surface area contributed by atoms with Gasteiger partial charge in [0.2, 0.25) is 5.91 Å². The summed E-state index contributed by atoms with van der Waals surface area (Å²) in [5.41, 5.74) is 2.75. The Kier molecular flexibility index (Phi) is 7.72. The monoisotopic (exact) mass is 488 g/mol. The van der Waals surface area contributed by atoms with E-state index in [1.165, 1.54) is 11.8 Å². The molecule has 2 unspecified atom stereocenters. The number of ether oxygens (including phenoxy) is 2. The van der Waals surface area contributed by atoms with E-state index in [9.17, 15) is 4.79 Å². The minimum Gasteiger partial charge on any atom is -0.497 e. The van der Waals surface area contributed by atoms with E-state index in [4.69, 9.17) is 9.47 Å². The Morgan fingerprint density at radius 2 is 1.66 bits per heavy atom. The van der Waals surface area contributed by atoms with Crippen molar-refractivity contribution in [1.29, 1.82) is 0 Å². The number of amides is 1. The predicted octanol–water partition coefficient (Wildman–Crippen LogP) is 5.84. The molecule has 4 rings (SSSR count). The molecule has 4 aromatic rings. The number of nitrogens with one attached hydrogen (secondary N) is 1. The van der Waals surface area contributed by atoms with Crippen molar-refractivity contribution in [3.63, 3.8) is 0 Å². The van der Waals surface area contributed by atoms with E-state index in [1.807, 2.05) is 104 Å². The van der Waals surface area contributed by atoms with Gasteiger partial charge in [0.15, 0.2) is 17.1 Å². The third-order valence-electron chi connectivity index (χ3n) is 5.35. The number of aromatic nitrogens is 3. The molecule has 0 bridgehead atoms. The van der Waals surface area contributed by atoms with Gasteiger partial charge in [0, 0.05) is 11.4 Å². The van der Waals surface area contributed by atoms with Crippen LogP contribution in [0.2, 0.25) is 0 Å². The Morgan fingerprint density at radius 3 is 2.34 bits per heavy atom. The van der Waals surface area contributed by atoms with Crippen LogP contribution >= 0.6 is 11.8 Å². The number of carbonyl (C=O) groups excluding carboxylic acids is 1. The Balaban J connectivity index is 1.56. The molecule has 0 spiro atoms. The van der Waals surface area contributed by atoms with Crippen molar-refractivity contribution < 1.29 is 14.3 Å². The molecule has 0 radical (unpaired) electrons. The van der Waals surface area contributed by atoms with Crippen LogP contribution in [0.5, 0.6) is 11.5 Å². The first-order chi connectivity index (χ1) is 16.9.